The number of ether oxygens (including phenoxy) is 2. The van der Waals surface area contributed by atoms with E-state index < -0.39 is 0 Å². The fraction of sp³-hybridized carbons (Fsp3) is 0.500. The topological polar surface area (TPSA) is 30.5 Å². The van der Waals surface area contributed by atoms with Gasteiger partial charge in [0, 0.05) is 18.3 Å². The highest BCUT2D eigenvalue weighted by atomic mass is 35.5. The van der Waals surface area contributed by atoms with E-state index in [0.29, 0.717) is 17.4 Å². The number of methoxy groups -OCH3 is 1. The van der Waals surface area contributed by atoms with Crippen LogP contribution in [0.4, 0.5) is 5.69 Å². The fourth-order valence-electron chi connectivity index (χ4n) is 1.26. The van der Waals surface area contributed by atoms with Crippen molar-refractivity contribution in [2.45, 2.75) is 20.0 Å². The van der Waals surface area contributed by atoms with Crippen molar-refractivity contribution in [3.8, 4) is 5.75 Å². The Morgan fingerprint density at radius 1 is 1.38 bits per heavy atom. The summed E-state index contributed by atoms with van der Waals surface area (Å²) >= 11 is 5.92. The van der Waals surface area contributed by atoms with Crippen LogP contribution in [0.2, 0.25) is 5.02 Å². The van der Waals surface area contributed by atoms with Gasteiger partial charge in [0.2, 0.25) is 0 Å². The lowest BCUT2D eigenvalue weighted by atomic mass is 10.3. The molecule has 1 aromatic carbocycles. The second kappa shape index (κ2) is 6.61. The van der Waals surface area contributed by atoms with Crippen LogP contribution in [0.15, 0.2) is 18.2 Å². The lowest BCUT2D eigenvalue weighted by Crippen LogP contribution is -2.13. The zero-order valence-corrected chi connectivity index (χ0v) is 10.7. The first kappa shape index (κ1) is 13.1. The first-order chi connectivity index (χ1) is 7.63. The number of anilines is 1. The highest BCUT2D eigenvalue weighted by Crippen LogP contribution is 2.27. The number of hydrogen-bond acceptors (Lipinski definition) is 3. The summed E-state index contributed by atoms with van der Waals surface area (Å²) in [5, 5.41) is 3.86. The van der Waals surface area contributed by atoms with Gasteiger partial charge in [-0.2, -0.15) is 0 Å². The number of halogens is 1. The first-order valence-electron chi connectivity index (χ1n) is 5.32. The Morgan fingerprint density at radius 3 is 2.75 bits per heavy atom. The molecule has 0 saturated heterocycles. The number of benzene rings is 1. The van der Waals surface area contributed by atoms with Gasteiger partial charge in [-0.1, -0.05) is 11.6 Å². The number of nitrogens with one attached hydrogen (secondary N) is 1. The van der Waals surface area contributed by atoms with E-state index in [9.17, 15) is 0 Å². The lowest BCUT2D eigenvalue weighted by Gasteiger charge is -2.11. The highest BCUT2D eigenvalue weighted by Gasteiger charge is 2.01. The van der Waals surface area contributed by atoms with Gasteiger partial charge in [-0.15, -0.1) is 0 Å². The van der Waals surface area contributed by atoms with Crippen LogP contribution >= 0.6 is 11.6 Å². The summed E-state index contributed by atoms with van der Waals surface area (Å²) in [7, 11) is 1.60. The van der Waals surface area contributed by atoms with Crippen molar-refractivity contribution >= 4 is 17.3 Å². The van der Waals surface area contributed by atoms with E-state index in [1.54, 1.807) is 7.11 Å². The van der Waals surface area contributed by atoms with Gasteiger partial charge >= 0.3 is 0 Å². The molecule has 16 heavy (non-hydrogen) atoms. The Balaban J connectivity index is 2.42. The molecule has 0 spiro atoms. The third-order valence-electron chi connectivity index (χ3n) is 2.03. The number of hydrogen-bond donors (Lipinski definition) is 1. The monoisotopic (exact) mass is 243 g/mol. The molecule has 0 aliphatic rings. The molecule has 1 aromatic rings. The van der Waals surface area contributed by atoms with Crippen molar-refractivity contribution in [1.29, 1.82) is 0 Å². The Bertz CT molecular complexity index is 329. The van der Waals surface area contributed by atoms with Crippen molar-refractivity contribution in [3.63, 3.8) is 0 Å². The summed E-state index contributed by atoms with van der Waals surface area (Å²) in [6.45, 7) is 5.49. The molecule has 0 aliphatic heterocycles. The molecule has 90 valence electrons. The minimum Gasteiger partial charge on any atom is -0.495 e. The van der Waals surface area contributed by atoms with Crippen LogP contribution in [0.5, 0.6) is 5.75 Å². The van der Waals surface area contributed by atoms with Crippen molar-refractivity contribution in [3.05, 3.63) is 23.2 Å². The van der Waals surface area contributed by atoms with Crippen LogP contribution in [-0.2, 0) is 4.74 Å². The minimum absolute atomic E-state index is 0.265. The van der Waals surface area contributed by atoms with E-state index in [-0.39, 0.29) is 6.10 Å². The fourth-order valence-corrected chi connectivity index (χ4v) is 1.45. The quantitative estimate of drug-likeness (QED) is 0.779. The molecular formula is C12H18ClNO2. The van der Waals surface area contributed by atoms with E-state index in [2.05, 4.69) is 5.32 Å². The standard InChI is InChI=1S/C12H18ClNO2/c1-9(2)16-7-6-14-10-4-5-11(13)12(8-10)15-3/h4-5,8-9,14H,6-7H2,1-3H3. The molecule has 0 radical (unpaired) electrons. The van der Waals surface area contributed by atoms with Gasteiger partial charge in [0.25, 0.3) is 0 Å². The molecule has 0 atom stereocenters. The van der Waals surface area contributed by atoms with Crippen LogP contribution in [0.1, 0.15) is 13.8 Å². The van der Waals surface area contributed by atoms with Crippen LogP contribution in [0.25, 0.3) is 0 Å². The minimum atomic E-state index is 0.265. The van der Waals surface area contributed by atoms with Gasteiger partial charge in [-0.25, -0.2) is 0 Å². The molecule has 4 heteroatoms. The smallest absolute Gasteiger partial charge is 0.139 e. The van der Waals surface area contributed by atoms with Gasteiger partial charge < -0.3 is 14.8 Å². The second-order valence-electron chi connectivity index (χ2n) is 3.70. The Labute approximate surface area is 102 Å². The largest absolute Gasteiger partial charge is 0.495 e. The first-order valence-corrected chi connectivity index (χ1v) is 5.70. The van der Waals surface area contributed by atoms with Gasteiger partial charge in [-0.05, 0) is 26.0 Å². The van der Waals surface area contributed by atoms with E-state index >= 15 is 0 Å². The summed E-state index contributed by atoms with van der Waals surface area (Å²) in [4.78, 5) is 0. The summed E-state index contributed by atoms with van der Waals surface area (Å²) in [6, 6.07) is 5.60. The zero-order chi connectivity index (χ0) is 12.0. The summed E-state index contributed by atoms with van der Waals surface area (Å²) in [5.74, 6) is 0.677. The molecule has 0 unspecified atom stereocenters. The van der Waals surface area contributed by atoms with Crippen molar-refractivity contribution in [2.75, 3.05) is 25.6 Å². The maximum Gasteiger partial charge on any atom is 0.139 e. The normalized spacial score (nSPS) is 10.6. The van der Waals surface area contributed by atoms with Crippen LogP contribution in [0, 0.1) is 0 Å². The Morgan fingerprint density at radius 2 is 2.12 bits per heavy atom. The molecule has 3 nitrogen and oxygen atoms in total. The van der Waals surface area contributed by atoms with Crippen LogP contribution in [0.3, 0.4) is 0 Å². The van der Waals surface area contributed by atoms with Crippen LogP contribution < -0.4 is 10.1 Å². The summed E-state index contributed by atoms with van der Waals surface area (Å²) < 4.78 is 10.6. The molecule has 0 amide bonds. The average molecular weight is 244 g/mol. The lowest BCUT2D eigenvalue weighted by molar-refractivity contribution is 0.0870. The molecule has 1 N–H and O–H groups in total. The maximum atomic E-state index is 5.92. The third-order valence-corrected chi connectivity index (χ3v) is 2.35. The summed E-state index contributed by atoms with van der Waals surface area (Å²) in [5.41, 5.74) is 0.980. The molecule has 0 heterocycles. The molecule has 0 fully saturated rings. The second-order valence-corrected chi connectivity index (χ2v) is 4.10. The third kappa shape index (κ3) is 4.29. The predicted molar refractivity (Wildman–Crippen MR) is 67.6 cm³/mol. The average Bonchev–Trinajstić information content (AvgIpc) is 2.26. The Kier molecular flexibility index (Phi) is 5.43. The molecule has 0 bridgehead atoms. The van der Waals surface area contributed by atoms with Gasteiger partial charge in [0.05, 0.1) is 24.8 Å². The van der Waals surface area contributed by atoms with E-state index in [4.69, 9.17) is 21.1 Å². The molecule has 0 aromatic heterocycles. The van der Waals surface area contributed by atoms with E-state index in [1.165, 1.54) is 0 Å². The molecule has 0 saturated carbocycles. The van der Waals surface area contributed by atoms with Gasteiger partial charge in [-0.3, -0.25) is 0 Å². The van der Waals surface area contributed by atoms with E-state index in [1.807, 2.05) is 32.0 Å². The Hall–Kier alpha value is -0.930. The van der Waals surface area contributed by atoms with Crippen molar-refractivity contribution in [2.24, 2.45) is 0 Å². The van der Waals surface area contributed by atoms with Crippen molar-refractivity contribution in [1.82, 2.24) is 0 Å². The highest BCUT2D eigenvalue weighted by molar-refractivity contribution is 6.32. The maximum absolute atomic E-state index is 5.92. The molecule has 1 rings (SSSR count). The van der Waals surface area contributed by atoms with Gasteiger partial charge in [0.15, 0.2) is 0 Å². The predicted octanol–water partition coefficient (Wildman–Crippen LogP) is 3.19. The SMILES string of the molecule is COc1cc(NCCOC(C)C)ccc1Cl. The summed E-state index contributed by atoms with van der Waals surface area (Å²) in [6.07, 6.45) is 0.265. The molecule has 0 aliphatic carbocycles. The van der Waals surface area contributed by atoms with E-state index in [0.717, 1.165) is 12.2 Å². The van der Waals surface area contributed by atoms with Crippen molar-refractivity contribution < 1.29 is 9.47 Å². The van der Waals surface area contributed by atoms with Crippen LogP contribution in [-0.4, -0.2) is 26.4 Å². The zero-order valence-electron chi connectivity index (χ0n) is 9.92. The van der Waals surface area contributed by atoms with Gasteiger partial charge in [0.1, 0.15) is 5.75 Å². The number of rotatable bonds is 6. The molecular weight excluding hydrogens is 226 g/mol.